The molecular weight excluding hydrogens is 407 g/mol. The number of ketones is 1. The van der Waals surface area contributed by atoms with Crippen LogP contribution in [-0.4, -0.2) is 30.9 Å². The Kier molecular flexibility index (Phi) is 5.53. The van der Waals surface area contributed by atoms with Gasteiger partial charge in [0.1, 0.15) is 11.6 Å². The number of halogens is 1. The molecule has 3 aromatic rings. The number of carbonyl (C=O) groups excluding carboxylic acids is 2. The Labute approximate surface area is 186 Å². The van der Waals surface area contributed by atoms with Crippen molar-refractivity contribution >= 4 is 28.8 Å². The first-order chi connectivity index (χ1) is 15.3. The zero-order chi connectivity index (χ0) is 23.0. The Bertz CT molecular complexity index is 1220. The number of para-hydroxylation sites is 1. The monoisotopic (exact) mass is 430 g/mol. The molecule has 1 unspecified atom stereocenters. The number of hydrogen-bond acceptors (Lipinski definition) is 4. The second-order valence-electron chi connectivity index (χ2n) is 7.95. The van der Waals surface area contributed by atoms with Gasteiger partial charge in [-0.05, 0) is 60.5 Å². The Hall–Kier alpha value is -3.93. The molecule has 32 heavy (non-hydrogen) atoms. The minimum absolute atomic E-state index is 0.0255. The van der Waals surface area contributed by atoms with Gasteiger partial charge in [-0.2, -0.15) is 0 Å². The molecule has 0 bridgehead atoms. The summed E-state index contributed by atoms with van der Waals surface area (Å²) >= 11 is 0. The van der Waals surface area contributed by atoms with E-state index in [1.165, 1.54) is 23.1 Å². The van der Waals surface area contributed by atoms with Crippen LogP contribution < -0.4 is 9.80 Å². The van der Waals surface area contributed by atoms with Crippen molar-refractivity contribution in [3.05, 3.63) is 101 Å². The van der Waals surface area contributed by atoms with E-state index in [0.29, 0.717) is 16.8 Å². The molecule has 1 saturated heterocycles. The molecule has 0 aliphatic carbocycles. The van der Waals surface area contributed by atoms with Gasteiger partial charge < -0.3 is 10.0 Å². The summed E-state index contributed by atoms with van der Waals surface area (Å²) in [5.74, 6) is -2.25. The van der Waals surface area contributed by atoms with Crippen LogP contribution >= 0.6 is 0 Å². The lowest BCUT2D eigenvalue weighted by Crippen LogP contribution is -2.29. The summed E-state index contributed by atoms with van der Waals surface area (Å²) in [6.45, 7) is 1.58. The topological polar surface area (TPSA) is 60.9 Å². The molecule has 3 aromatic carbocycles. The van der Waals surface area contributed by atoms with E-state index in [0.717, 1.165) is 5.69 Å². The first kappa shape index (κ1) is 21.3. The third-order valence-electron chi connectivity index (χ3n) is 5.64. The number of aliphatic hydroxyl groups is 1. The van der Waals surface area contributed by atoms with E-state index in [4.69, 9.17) is 0 Å². The summed E-state index contributed by atoms with van der Waals surface area (Å²) in [5.41, 5.74) is 2.77. The van der Waals surface area contributed by atoms with Crippen LogP contribution in [0.5, 0.6) is 0 Å². The highest BCUT2D eigenvalue weighted by Crippen LogP contribution is 2.42. The fraction of sp³-hybridized carbons (Fsp3) is 0.154. The molecule has 4 rings (SSSR count). The maximum Gasteiger partial charge on any atom is 0.300 e. The van der Waals surface area contributed by atoms with E-state index in [2.05, 4.69) is 0 Å². The first-order valence-corrected chi connectivity index (χ1v) is 10.2. The second kappa shape index (κ2) is 8.30. The van der Waals surface area contributed by atoms with Crippen molar-refractivity contribution in [1.29, 1.82) is 0 Å². The summed E-state index contributed by atoms with van der Waals surface area (Å²) < 4.78 is 13.8. The number of aliphatic hydroxyl groups excluding tert-OH is 1. The van der Waals surface area contributed by atoms with E-state index in [-0.39, 0.29) is 16.9 Å². The number of hydrogen-bond donors (Lipinski definition) is 1. The summed E-state index contributed by atoms with van der Waals surface area (Å²) in [7, 11) is 3.84. The largest absolute Gasteiger partial charge is 0.507 e. The summed E-state index contributed by atoms with van der Waals surface area (Å²) in [6, 6.07) is 19.6. The molecule has 0 spiro atoms. The molecule has 5 nitrogen and oxygen atoms in total. The molecule has 1 atom stereocenters. The highest BCUT2D eigenvalue weighted by molar-refractivity contribution is 6.51. The summed E-state index contributed by atoms with van der Waals surface area (Å²) in [4.78, 5) is 29.6. The van der Waals surface area contributed by atoms with Crippen molar-refractivity contribution < 1.29 is 19.1 Å². The van der Waals surface area contributed by atoms with Crippen molar-refractivity contribution in [2.45, 2.75) is 13.0 Å². The molecule has 1 aliphatic heterocycles. The van der Waals surface area contributed by atoms with Crippen molar-refractivity contribution in [2.24, 2.45) is 0 Å². The minimum atomic E-state index is -0.820. The lowest BCUT2D eigenvalue weighted by atomic mass is 9.94. The lowest BCUT2D eigenvalue weighted by Gasteiger charge is -2.26. The van der Waals surface area contributed by atoms with Gasteiger partial charge in [0.15, 0.2) is 0 Å². The molecule has 162 valence electrons. The number of benzene rings is 3. The molecule has 6 heteroatoms. The molecule has 1 aliphatic rings. The molecular formula is C26H23FN2O3. The van der Waals surface area contributed by atoms with E-state index >= 15 is 0 Å². The van der Waals surface area contributed by atoms with Crippen molar-refractivity contribution in [3.63, 3.8) is 0 Å². The molecule has 1 fully saturated rings. The molecule has 0 radical (unpaired) electrons. The smallest absolute Gasteiger partial charge is 0.300 e. The van der Waals surface area contributed by atoms with E-state index in [1.54, 1.807) is 31.2 Å². The molecule has 1 N–H and O–H groups in total. The lowest BCUT2D eigenvalue weighted by molar-refractivity contribution is -0.132. The summed E-state index contributed by atoms with van der Waals surface area (Å²) in [5, 5.41) is 11.1. The average Bonchev–Trinajstić information content (AvgIpc) is 3.06. The maximum absolute atomic E-state index is 13.8. The van der Waals surface area contributed by atoms with Gasteiger partial charge in [-0.25, -0.2) is 4.39 Å². The second-order valence-corrected chi connectivity index (χ2v) is 7.95. The molecule has 0 aromatic heterocycles. The summed E-state index contributed by atoms with van der Waals surface area (Å²) in [6.07, 6.45) is 0. The normalized spacial score (nSPS) is 17.6. The van der Waals surface area contributed by atoms with Gasteiger partial charge in [-0.1, -0.05) is 30.3 Å². The zero-order valence-corrected chi connectivity index (χ0v) is 18.0. The number of rotatable bonds is 4. The van der Waals surface area contributed by atoms with Gasteiger partial charge in [0.2, 0.25) is 0 Å². The third kappa shape index (κ3) is 3.64. The zero-order valence-electron chi connectivity index (χ0n) is 18.0. The van der Waals surface area contributed by atoms with Gasteiger partial charge >= 0.3 is 0 Å². The van der Waals surface area contributed by atoms with Crippen molar-refractivity contribution in [3.8, 4) is 0 Å². The number of aryl methyl sites for hydroxylation is 1. The van der Waals surface area contributed by atoms with Crippen LogP contribution in [0, 0.1) is 12.7 Å². The number of amides is 1. The van der Waals surface area contributed by atoms with E-state index < -0.39 is 23.5 Å². The standard InChI is InChI=1S/C26H23FN2O3/c1-16-15-18(11-14-21(16)27)24(30)22-23(17-9-12-19(13-10-17)28(2)3)29(26(32)25(22)31)20-7-5-4-6-8-20/h4-15,23,30H,1-3H3/b24-22-. The van der Waals surface area contributed by atoms with Crippen LogP contribution in [0.1, 0.15) is 22.7 Å². The highest BCUT2D eigenvalue weighted by Gasteiger charge is 2.46. The molecule has 0 saturated carbocycles. The Morgan fingerprint density at radius 2 is 1.62 bits per heavy atom. The maximum atomic E-state index is 13.8. The van der Waals surface area contributed by atoms with E-state index in [9.17, 15) is 19.1 Å². The van der Waals surface area contributed by atoms with Crippen LogP contribution in [0.15, 0.2) is 78.4 Å². The predicted octanol–water partition coefficient (Wildman–Crippen LogP) is 4.83. The Morgan fingerprint density at radius 1 is 0.969 bits per heavy atom. The highest BCUT2D eigenvalue weighted by atomic mass is 19.1. The number of anilines is 2. The minimum Gasteiger partial charge on any atom is -0.507 e. The van der Waals surface area contributed by atoms with Crippen molar-refractivity contribution in [2.75, 3.05) is 23.9 Å². The third-order valence-corrected chi connectivity index (χ3v) is 5.64. The van der Waals surface area contributed by atoms with Crippen LogP contribution in [0.4, 0.5) is 15.8 Å². The van der Waals surface area contributed by atoms with Crippen LogP contribution in [0.3, 0.4) is 0 Å². The van der Waals surface area contributed by atoms with Crippen molar-refractivity contribution in [1.82, 2.24) is 0 Å². The van der Waals surface area contributed by atoms with Gasteiger partial charge in [0, 0.05) is 31.0 Å². The Balaban J connectivity index is 1.93. The number of Topliss-reactive ketones (excluding diaryl/α,β-unsaturated/α-hetero) is 1. The first-order valence-electron chi connectivity index (χ1n) is 10.2. The fourth-order valence-electron chi connectivity index (χ4n) is 3.91. The molecule has 1 amide bonds. The van der Waals surface area contributed by atoms with Crippen LogP contribution in [0.25, 0.3) is 5.76 Å². The quantitative estimate of drug-likeness (QED) is 0.366. The van der Waals surface area contributed by atoms with Gasteiger partial charge in [0.25, 0.3) is 11.7 Å². The number of nitrogens with zero attached hydrogens (tertiary/aromatic N) is 2. The molecule has 1 heterocycles. The van der Waals surface area contributed by atoms with E-state index in [1.807, 2.05) is 49.3 Å². The number of carbonyl (C=O) groups is 2. The van der Waals surface area contributed by atoms with Gasteiger partial charge in [-0.15, -0.1) is 0 Å². The van der Waals surface area contributed by atoms with Gasteiger partial charge in [0.05, 0.1) is 11.6 Å². The predicted molar refractivity (Wildman–Crippen MR) is 123 cm³/mol. The van der Waals surface area contributed by atoms with Crippen LogP contribution in [0.2, 0.25) is 0 Å². The van der Waals surface area contributed by atoms with Gasteiger partial charge in [-0.3, -0.25) is 14.5 Å². The van der Waals surface area contributed by atoms with Crippen LogP contribution in [-0.2, 0) is 9.59 Å². The fourth-order valence-corrected chi connectivity index (χ4v) is 3.91. The SMILES string of the molecule is Cc1cc(/C(O)=C2/C(=O)C(=O)N(c3ccccc3)C2c2ccc(N(C)C)cc2)ccc1F. The Morgan fingerprint density at radius 3 is 2.22 bits per heavy atom. The average molecular weight is 430 g/mol.